The number of nitrogens with one attached hydrogen (secondary N) is 3. The van der Waals surface area contributed by atoms with Gasteiger partial charge in [-0.3, -0.25) is 14.6 Å². The lowest BCUT2D eigenvalue weighted by atomic mass is 10.1. The summed E-state index contributed by atoms with van der Waals surface area (Å²) in [6.45, 7) is 5.37. The van der Waals surface area contributed by atoms with Crippen molar-refractivity contribution < 1.29 is 13.9 Å². The predicted molar refractivity (Wildman–Crippen MR) is 139 cm³/mol. The number of benzene rings is 2. The van der Waals surface area contributed by atoms with Crippen LogP contribution in [0.2, 0.25) is 0 Å². The van der Waals surface area contributed by atoms with Crippen LogP contribution < -0.4 is 16.0 Å². The lowest BCUT2D eigenvalue weighted by Gasteiger charge is -2.12. The van der Waals surface area contributed by atoms with E-state index < -0.39 is 0 Å². The number of anilines is 4. The Labute approximate surface area is 201 Å². The van der Waals surface area contributed by atoms with Crippen molar-refractivity contribution in [3.05, 3.63) is 103 Å². The molecule has 0 bridgehead atoms. The quantitative estimate of drug-likeness (QED) is 0.308. The summed E-state index contributed by atoms with van der Waals surface area (Å²) in [6.07, 6.45) is 6.32. The van der Waals surface area contributed by atoms with Gasteiger partial charge in [-0.15, -0.1) is 0 Å². The molecule has 2 heterocycles. The molecular weight excluding hydrogens is 428 g/mol. The van der Waals surface area contributed by atoms with Gasteiger partial charge < -0.3 is 16.0 Å². The second kappa shape index (κ2) is 10.2. The number of pyridine rings is 1. The zero-order valence-corrected chi connectivity index (χ0v) is 18.4. The van der Waals surface area contributed by atoms with Gasteiger partial charge in [0.1, 0.15) is 0 Å². The molecule has 0 saturated carbocycles. The number of rotatable bonds is 7. The number of aryl methyl sites for hydroxylation is 1. The Kier molecular flexibility index (Phi) is 6.69. The fourth-order valence-electron chi connectivity index (χ4n) is 3.15. The van der Waals surface area contributed by atoms with Crippen molar-refractivity contribution >= 4 is 34.8 Å². The Morgan fingerprint density at radius 3 is 2.50 bits per heavy atom. The highest BCUT2D eigenvalue weighted by Crippen LogP contribution is 2.24. The Hall–Kier alpha value is -4.85. The third-order valence-corrected chi connectivity index (χ3v) is 4.95. The van der Waals surface area contributed by atoms with Crippen LogP contribution in [0.15, 0.2) is 91.9 Å². The molecule has 0 aliphatic carbocycles. The van der Waals surface area contributed by atoms with E-state index in [1.54, 1.807) is 42.9 Å². The number of hydrogen-bond donors (Lipinski definition) is 3. The molecule has 34 heavy (non-hydrogen) atoms. The molecule has 4 aromatic rings. The van der Waals surface area contributed by atoms with Crippen LogP contribution >= 0.6 is 0 Å². The van der Waals surface area contributed by atoms with Gasteiger partial charge in [-0.1, -0.05) is 12.6 Å². The number of hydrogen-bond acceptors (Lipinski definition) is 6. The Balaban J connectivity index is 0.00000228. The highest BCUT2D eigenvalue weighted by Gasteiger charge is 2.10. The molecule has 0 radical (unpaired) electrons. The summed E-state index contributed by atoms with van der Waals surface area (Å²) in [6, 6.07) is 17.7. The summed E-state index contributed by atoms with van der Waals surface area (Å²) in [5.74, 6) is -0.150. The maximum Gasteiger partial charge on any atom is 0.255 e. The maximum absolute atomic E-state index is 12.7. The monoisotopic (exact) mass is 456 g/mol. The molecule has 2 amide bonds. The minimum Gasteiger partial charge on any atom is -0.324 e. The first kappa shape index (κ1) is 22.3. The molecule has 0 aliphatic rings. The zero-order chi connectivity index (χ0) is 23.9. The highest BCUT2D eigenvalue weighted by molar-refractivity contribution is 6.05. The normalized spacial score (nSPS) is 10.3. The molecule has 2 aromatic carbocycles. The van der Waals surface area contributed by atoms with Crippen molar-refractivity contribution in [2.24, 2.45) is 0 Å². The van der Waals surface area contributed by atoms with Gasteiger partial charge in [0, 0.05) is 51.1 Å². The third-order valence-electron chi connectivity index (χ3n) is 4.95. The highest BCUT2D eigenvalue weighted by atomic mass is 16.2. The van der Waals surface area contributed by atoms with Crippen molar-refractivity contribution in [2.75, 3.05) is 16.0 Å². The molecule has 2 aromatic heterocycles. The first-order valence-electron chi connectivity index (χ1n) is 10.5. The SMILES string of the molecule is C=CC(=O)Nc1ccc(C(=O)Nc2ccc(C)c(Nc3nccc(-c4cccnc4)n3)c2)cc1.[HH].[HH].[HH]. The lowest BCUT2D eigenvalue weighted by Crippen LogP contribution is -2.13. The largest absolute Gasteiger partial charge is 0.324 e. The topological polar surface area (TPSA) is 109 Å². The van der Waals surface area contributed by atoms with Crippen LogP contribution in [0.3, 0.4) is 0 Å². The van der Waals surface area contributed by atoms with Crippen LogP contribution in [0.1, 0.15) is 20.2 Å². The second-order valence-corrected chi connectivity index (χ2v) is 7.39. The van der Waals surface area contributed by atoms with Crippen LogP contribution in [-0.4, -0.2) is 26.8 Å². The molecule has 174 valence electrons. The molecule has 4 rings (SSSR count). The number of carbonyl (C=O) groups is 2. The van der Waals surface area contributed by atoms with Crippen molar-refractivity contribution in [1.82, 2.24) is 15.0 Å². The van der Waals surface area contributed by atoms with E-state index in [1.807, 2.05) is 43.3 Å². The first-order valence-corrected chi connectivity index (χ1v) is 10.5. The molecule has 8 nitrogen and oxygen atoms in total. The summed E-state index contributed by atoms with van der Waals surface area (Å²) in [5, 5.41) is 8.76. The maximum atomic E-state index is 12.7. The molecule has 0 fully saturated rings. The smallest absolute Gasteiger partial charge is 0.255 e. The number of aromatic nitrogens is 3. The van der Waals surface area contributed by atoms with E-state index in [2.05, 4.69) is 37.5 Å². The molecule has 0 aliphatic heterocycles. The van der Waals surface area contributed by atoms with E-state index in [4.69, 9.17) is 0 Å². The number of nitrogens with zero attached hydrogens (tertiary/aromatic N) is 3. The van der Waals surface area contributed by atoms with Crippen molar-refractivity contribution in [3.63, 3.8) is 0 Å². The average Bonchev–Trinajstić information content (AvgIpc) is 2.87. The molecule has 0 saturated heterocycles. The van der Waals surface area contributed by atoms with Gasteiger partial charge in [-0.05, 0) is 73.2 Å². The molecular formula is C26H28N6O2. The third kappa shape index (κ3) is 5.49. The van der Waals surface area contributed by atoms with Crippen LogP contribution in [0.5, 0.6) is 0 Å². The van der Waals surface area contributed by atoms with Gasteiger partial charge in [0.15, 0.2) is 0 Å². The van der Waals surface area contributed by atoms with Crippen molar-refractivity contribution in [2.45, 2.75) is 6.92 Å². The fourth-order valence-corrected chi connectivity index (χ4v) is 3.15. The summed E-state index contributed by atoms with van der Waals surface area (Å²) in [4.78, 5) is 37.1. The Morgan fingerprint density at radius 1 is 0.971 bits per heavy atom. The average molecular weight is 457 g/mol. The minimum atomic E-state index is -0.313. The summed E-state index contributed by atoms with van der Waals surface area (Å²) in [5.41, 5.74) is 5.03. The Morgan fingerprint density at radius 2 is 1.76 bits per heavy atom. The Bertz CT molecular complexity index is 1350. The lowest BCUT2D eigenvalue weighted by molar-refractivity contribution is -0.111. The molecule has 0 spiro atoms. The molecule has 0 unspecified atom stereocenters. The standard InChI is InChI=1S/C26H22N6O2.3H2/c1-3-24(33)29-20-10-7-18(8-11-20)25(34)30-21-9-6-17(2)23(15-21)32-26-28-14-12-22(31-26)19-5-4-13-27-16-19;;;/h3-16H,1H2,2H3,(H,29,33)(H,30,34)(H,28,31,32);3*1H. The van der Waals surface area contributed by atoms with Gasteiger partial charge in [-0.2, -0.15) is 0 Å². The van der Waals surface area contributed by atoms with E-state index in [0.717, 1.165) is 22.5 Å². The molecule has 8 heteroatoms. The summed E-state index contributed by atoms with van der Waals surface area (Å²) >= 11 is 0. The van der Waals surface area contributed by atoms with E-state index in [1.165, 1.54) is 6.08 Å². The van der Waals surface area contributed by atoms with Crippen LogP contribution in [0.4, 0.5) is 23.0 Å². The summed E-state index contributed by atoms with van der Waals surface area (Å²) in [7, 11) is 0. The van der Waals surface area contributed by atoms with Gasteiger partial charge in [0.2, 0.25) is 11.9 Å². The second-order valence-electron chi connectivity index (χ2n) is 7.39. The van der Waals surface area contributed by atoms with Crippen LogP contribution in [0, 0.1) is 6.92 Å². The number of amides is 2. The van der Waals surface area contributed by atoms with Crippen molar-refractivity contribution in [3.8, 4) is 11.3 Å². The minimum absolute atomic E-state index is 0. The van der Waals surface area contributed by atoms with E-state index in [-0.39, 0.29) is 16.1 Å². The van der Waals surface area contributed by atoms with Crippen LogP contribution in [0.25, 0.3) is 11.3 Å². The molecule has 3 N–H and O–H groups in total. The predicted octanol–water partition coefficient (Wildman–Crippen LogP) is 5.71. The van der Waals surface area contributed by atoms with Gasteiger partial charge in [0.05, 0.1) is 5.69 Å². The first-order chi connectivity index (χ1) is 16.5. The van der Waals surface area contributed by atoms with Crippen molar-refractivity contribution in [1.29, 1.82) is 0 Å². The van der Waals surface area contributed by atoms with Crippen LogP contribution in [-0.2, 0) is 4.79 Å². The summed E-state index contributed by atoms with van der Waals surface area (Å²) < 4.78 is 0. The van der Waals surface area contributed by atoms with Gasteiger partial charge in [0.25, 0.3) is 5.91 Å². The fraction of sp³-hybridized carbons (Fsp3) is 0.0385. The van der Waals surface area contributed by atoms with E-state index in [9.17, 15) is 9.59 Å². The van der Waals surface area contributed by atoms with Gasteiger partial charge in [-0.25, -0.2) is 9.97 Å². The van der Waals surface area contributed by atoms with Gasteiger partial charge >= 0.3 is 0 Å². The zero-order valence-electron chi connectivity index (χ0n) is 18.4. The van der Waals surface area contributed by atoms with E-state index in [0.29, 0.717) is 22.9 Å². The number of carbonyl (C=O) groups excluding carboxylic acids is 2. The molecule has 0 atom stereocenters. The van der Waals surface area contributed by atoms with E-state index >= 15 is 0 Å².